The lowest BCUT2D eigenvalue weighted by Gasteiger charge is -2.33. The Morgan fingerprint density at radius 1 is 1.64 bits per heavy atom. The van der Waals surface area contributed by atoms with Crippen molar-refractivity contribution in [2.75, 3.05) is 20.6 Å². The molecule has 0 amide bonds. The summed E-state index contributed by atoms with van der Waals surface area (Å²) in [5.41, 5.74) is 0.807. The number of carbonyl (C=O) groups is 1. The van der Waals surface area contributed by atoms with Gasteiger partial charge in [-0.1, -0.05) is 0 Å². The van der Waals surface area contributed by atoms with E-state index >= 15 is 0 Å². The zero-order valence-corrected chi connectivity index (χ0v) is 8.77. The Morgan fingerprint density at radius 2 is 2.29 bits per heavy atom. The summed E-state index contributed by atoms with van der Waals surface area (Å²) in [6.07, 6.45) is 5.52. The smallest absolute Gasteiger partial charge is 0.332 e. The van der Waals surface area contributed by atoms with E-state index in [9.17, 15) is 4.79 Å². The Bertz CT molecular complexity index is 282. The summed E-state index contributed by atoms with van der Waals surface area (Å²) in [4.78, 5) is 14.7. The summed E-state index contributed by atoms with van der Waals surface area (Å²) < 4.78 is 0. The van der Waals surface area contributed by atoms with E-state index in [1.807, 2.05) is 44.3 Å². The van der Waals surface area contributed by atoms with E-state index in [4.69, 9.17) is 5.11 Å². The molecule has 0 saturated carbocycles. The molecule has 1 rings (SSSR count). The van der Waals surface area contributed by atoms with Gasteiger partial charge in [-0.2, -0.15) is 0 Å². The number of carboxylic acids is 1. The van der Waals surface area contributed by atoms with Gasteiger partial charge in [0, 0.05) is 32.5 Å². The van der Waals surface area contributed by atoms with Gasteiger partial charge >= 0.3 is 5.97 Å². The van der Waals surface area contributed by atoms with Crippen LogP contribution in [0.15, 0.2) is 24.0 Å². The lowest BCUT2D eigenvalue weighted by molar-refractivity contribution is -0.141. The number of allylic oxidation sites excluding steroid dienone is 2. The fraction of sp³-hybridized carbons (Fsp3) is 0.500. The number of carboxylic acid groups (broad SMARTS) is 1. The van der Waals surface area contributed by atoms with Gasteiger partial charge in [0.1, 0.15) is 0 Å². The number of nitrogens with zero attached hydrogens (tertiary/aromatic N) is 2. The van der Waals surface area contributed by atoms with E-state index in [2.05, 4.69) is 0 Å². The molecule has 0 bridgehead atoms. The molecule has 14 heavy (non-hydrogen) atoms. The summed E-state index contributed by atoms with van der Waals surface area (Å²) in [6.45, 7) is 2.64. The van der Waals surface area contributed by atoms with E-state index in [0.29, 0.717) is 6.54 Å². The third-order valence-electron chi connectivity index (χ3n) is 2.27. The molecule has 4 nitrogen and oxygen atoms in total. The molecule has 0 aliphatic carbocycles. The monoisotopic (exact) mass is 196 g/mol. The molecule has 4 heteroatoms. The van der Waals surface area contributed by atoms with E-state index in [0.717, 1.165) is 5.70 Å². The van der Waals surface area contributed by atoms with E-state index < -0.39 is 12.0 Å². The van der Waals surface area contributed by atoms with Crippen LogP contribution in [0.25, 0.3) is 0 Å². The predicted octanol–water partition coefficient (Wildman–Crippen LogP) is 0.734. The highest BCUT2D eigenvalue weighted by Gasteiger charge is 2.29. The van der Waals surface area contributed by atoms with Crippen molar-refractivity contribution in [2.45, 2.75) is 13.0 Å². The normalized spacial score (nSPS) is 20.6. The van der Waals surface area contributed by atoms with Gasteiger partial charge in [-0.25, -0.2) is 4.79 Å². The first kappa shape index (κ1) is 10.6. The average molecular weight is 196 g/mol. The van der Waals surface area contributed by atoms with Gasteiger partial charge in [0.15, 0.2) is 6.04 Å². The Balaban J connectivity index is 2.97. The largest absolute Gasteiger partial charge is 0.479 e. The molecule has 0 radical (unpaired) electrons. The van der Waals surface area contributed by atoms with Crippen LogP contribution in [0.1, 0.15) is 6.92 Å². The minimum Gasteiger partial charge on any atom is -0.479 e. The number of rotatable bonds is 3. The Hall–Kier alpha value is -1.45. The minimum atomic E-state index is -0.809. The third kappa shape index (κ3) is 1.89. The van der Waals surface area contributed by atoms with Crippen LogP contribution in [0.3, 0.4) is 0 Å². The molecular weight excluding hydrogens is 180 g/mol. The maximum Gasteiger partial charge on any atom is 0.332 e. The van der Waals surface area contributed by atoms with Crippen LogP contribution >= 0.6 is 0 Å². The molecule has 1 N–H and O–H groups in total. The van der Waals surface area contributed by atoms with Crippen molar-refractivity contribution in [3.05, 3.63) is 24.0 Å². The maximum atomic E-state index is 11.1. The van der Waals surface area contributed by atoms with Gasteiger partial charge in [-0.3, -0.25) is 0 Å². The van der Waals surface area contributed by atoms with Crippen molar-refractivity contribution in [2.24, 2.45) is 0 Å². The Labute approximate surface area is 84.1 Å². The van der Waals surface area contributed by atoms with Crippen molar-refractivity contribution in [1.29, 1.82) is 0 Å². The maximum absolute atomic E-state index is 11.1. The Morgan fingerprint density at radius 3 is 2.71 bits per heavy atom. The van der Waals surface area contributed by atoms with Gasteiger partial charge < -0.3 is 14.9 Å². The number of hydrogen-bond donors (Lipinski definition) is 1. The van der Waals surface area contributed by atoms with Gasteiger partial charge in [0.25, 0.3) is 0 Å². The number of hydrogen-bond acceptors (Lipinski definition) is 3. The summed E-state index contributed by atoms with van der Waals surface area (Å²) in [5.74, 6) is -0.809. The van der Waals surface area contributed by atoms with Crippen LogP contribution < -0.4 is 0 Å². The van der Waals surface area contributed by atoms with E-state index in [-0.39, 0.29) is 0 Å². The second-order valence-corrected chi connectivity index (χ2v) is 3.40. The first-order valence-electron chi connectivity index (χ1n) is 4.62. The molecule has 1 aliphatic rings. The topological polar surface area (TPSA) is 43.8 Å². The summed E-state index contributed by atoms with van der Waals surface area (Å²) in [6, 6.07) is -0.556. The van der Waals surface area contributed by atoms with Gasteiger partial charge in [0.2, 0.25) is 0 Å². The number of likely N-dealkylation sites (N-methyl/N-ethyl adjacent to an activating group) is 2. The molecule has 0 fully saturated rings. The van der Waals surface area contributed by atoms with Gasteiger partial charge in [-0.05, 0) is 19.1 Å². The van der Waals surface area contributed by atoms with E-state index in [1.54, 1.807) is 4.90 Å². The fourth-order valence-corrected chi connectivity index (χ4v) is 1.55. The summed E-state index contributed by atoms with van der Waals surface area (Å²) >= 11 is 0. The molecule has 1 aliphatic heterocycles. The van der Waals surface area contributed by atoms with Crippen molar-refractivity contribution in [1.82, 2.24) is 9.80 Å². The molecule has 1 unspecified atom stereocenters. The lowest BCUT2D eigenvalue weighted by atomic mass is 10.1. The first-order valence-corrected chi connectivity index (χ1v) is 4.62. The zero-order chi connectivity index (χ0) is 10.7. The quantitative estimate of drug-likeness (QED) is 0.723. The molecule has 78 valence electrons. The van der Waals surface area contributed by atoms with E-state index in [1.165, 1.54) is 0 Å². The summed E-state index contributed by atoms with van der Waals surface area (Å²) in [5, 5.41) is 9.12. The third-order valence-corrected chi connectivity index (χ3v) is 2.27. The zero-order valence-electron chi connectivity index (χ0n) is 8.77. The fourth-order valence-electron chi connectivity index (χ4n) is 1.55. The van der Waals surface area contributed by atoms with Crippen LogP contribution in [0, 0.1) is 0 Å². The SMILES string of the molecule is CCN1C=CC=C(N(C)C)C1C(=O)O. The molecule has 0 aromatic rings. The molecule has 0 saturated heterocycles. The Kier molecular flexibility index (Phi) is 3.17. The van der Waals surface area contributed by atoms with Gasteiger partial charge in [0.05, 0.1) is 0 Å². The van der Waals surface area contributed by atoms with Crippen molar-refractivity contribution in [3.63, 3.8) is 0 Å². The molecule has 1 heterocycles. The van der Waals surface area contributed by atoms with Crippen LogP contribution in [-0.2, 0) is 4.79 Å². The van der Waals surface area contributed by atoms with Crippen molar-refractivity contribution in [3.8, 4) is 0 Å². The molecule has 0 spiro atoms. The second-order valence-electron chi connectivity index (χ2n) is 3.40. The second kappa shape index (κ2) is 4.17. The standard InChI is InChI=1S/C10H16N2O2/c1-4-12-7-5-6-8(11(2)3)9(12)10(13)14/h5-7,9H,4H2,1-3H3,(H,13,14). The molecule has 0 aromatic heterocycles. The van der Waals surface area contributed by atoms with Crippen molar-refractivity contribution >= 4 is 5.97 Å². The summed E-state index contributed by atoms with van der Waals surface area (Å²) in [7, 11) is 3.71. The van der Waals surface area contributed by atoms with Crippen LogP contribution in [0.4, 0.5) is 0 Å². The highest BCUT2D eigenvalue weighted by atomic mass is 16.4. The van der Waals surface area contributed by atoms with Crippen LogP contribution in [0.2, 0.25) is 0 Å². The lowest BCUT2D eigenvalue weighted by Crippen LogP contribution is -2.44. The number of aliphatic carboxylic acids is 1. The van der Waals surface area contributed by atoms with Crippen LogP contribution in [0.5, 0.6) is 0 Å². The average Bonchev–Trinajstić information content (AvgIpc) is 2.16. The molecular formula is C10H16N2O2. The van der Waals surface area contributed by atoms with Crippen LogP contribution in [-0.4, -0.2) is 47.6 Å². The predicted molar refractivity (Wildman–Crippen MR) is 54.7 cm³/mol. The highest BCUT2D eigenvalue weighted by Crippen LogP contribution is 2.18. The minimum absolute atomic E-state index is 0.556. The molecule has 0 aromatic carbocycles. The first-order chi connectivity index (χ1) is 6.57. The molecule has 1 atom stereocenters. The van der Waals surface area contributed by atoms with Crippen molar-refractivity contribution < 1.29 is 9.90 Å². The van der Waals surface area contributed by atoms with Gasteiger partial charge in [-0.15, -0.1) is 0 Å². The highest BCUT2D eigenvalue weighted by molar-refractivity contribution is 5.78.